The van der Waals surface area contributed by atoms with Crippen LogP contribution in [-0.2, 0) is 10.9 Å². The molecule has 140 valence electrons. The summed E-state index contributed by atoms with van der Waals surface area (Å²) in [6.07, 6.45) is -4.96. The summed E-state index contributed by atoms with van der Waals surface area (Å²) >= 11 is 0. The Kier molecular flexibility index (Phi) is 4.88. The molecule has 0 spiro atoms. The van der Waals surface area contributed by atoms with Crippen molar-refractivity contribution >= 4 is 22.8 Å². The molecule has 6 nitrogen and oxygen atoms in total. The van der Waals surface area contributed by atoms with Gasteiger partial charge in [-0.2, -0.15) is 13.2 Å². The predicted octanol–water partition coefficient (Wildman–Crippen LogP) is 3.24. The fraction of sp³-hybridized carbons (Fsp3) is 0.471. The van der Waals surface area contributed by atoms with E-state index in [1.807, 2.05) is 4.90 Å². The zero-order valence-electron chi connectivity index (χ0n) is 14.5. The van der Waals surface area contributed by atoms with Gasteiger partial charge in [-0.15, -0.1) is 0 Å². The van der Waals surface area contributed by atoms with Gasteiger partial charge < -0.3 is 14.5 Å². The van der Waals surface area contributed by atoms with Crippen LogP contribution in [0.4, 0.5) is 23.7 Å². The molecule has 0 saturated carbocycles. The number of fused-ring (bicyclic) bond motifs is 1. The van der Waals surface area contributed by atoms with E-state index in [2.05, 4.69) is 9.97 Å². The lowest BCUT2D eigenvalue weighted by atomic mass is 10.1. The molecule has 1 aliphatic rings. The van der Waals surface area contributed by atoms with Gasteiger partial charge in [-0.3, -0.25) is 0 Å². The van der Waals surface area contributed by atoms with Gasteiger partial charge in [0, 0.05) is 37.3 Å². The number of carbonyl (C=O) groups is 1. The first-order chi connectivity index (χ1) is 12.3. The third-order valence-corrected chi connectivity index (χ3v) is 4.23. The minimum atomic E-state index is -4.55. The minimum absolute atomic E-state index is 0.0719. The number of rotatable bonds is 2. The molecule has 0 unspecified atom stereocenters. The summed E-state index contributed by atoms with van der Waals surface area (Å²) in [6, 6.07) is 4.53. The smallest absolute Gasteiger partial charge is 0.433 e. The molecule has 0 aliphatic carbocycles. The molecule has 2 aromatic heterocycles. The lowest BCUT2D eigenvalue weighted by Crippen LogP contribution is -2.49. The Labute approximate surface area is 148 Å². The predicted molar refractivity (Wildman–Crippen MR) is 90.1 cm³/mol. The highest BCUT2D eigenvalue weighted by Gasteiger charge is 2.34. The Morgan fingerprint density at radius 2 is 1.88 bits per heavy atom. The summed E-state index contributed by atoms with van der Waals surface area (Å²) in [4.78, 5) is 23.0. The second-order valence-corrected chi connectivity index (χ2v) is 6.02. The summed E-state index contributed by atoms with van der Waals surface area (Å²) in [5.41, 5.74) is 0.134. The summed E-state index contributed by atoms with van der Waals surface area (Å²) in [5, 5.41) is 0.563. The van der Waals surface area contributed by atoms with Gasteiger partial charge in [0.1, 0.15) is 5.69 Å². The molecule has 2 aromatic rings. The number of amides is 1. The first-order valence-electron chi connectivity index (χ1n) is 8.32. The van der Waals surface area contributed by atoms with Crippen LogP contribution in [0.5, 0.6) is 0 Å². The van der Waals surface area contributed by atoms with Gasteiger partial charge >= 0.3 is 12.3 Å². The van der Waals surface area contributed by atoms with Gasteiger partial charge in [0.2, 0.25) is 0 Å². The number of aryl methyl sites for hydroxylation is 1. The van der Waals surface area contributed by atoms with Gasteiger partial charge in [-0.25, -0.2) is 14.8 Å². The maximum atomic E-state index is 13.2. The van der Waals surface area contributed by atoms with Crippen molar-refractivity contribution in [3.63, 3.8) is 0 Å². The highest BCUT2D eigenvalue weighted by atomic mass is 19.4. The lowest BCUT2D eigenvalue weighted by molar-refractivity contribution is -0.140. The normalized spacial score (nSPS) is 15.4. The quantitative estimate of drug-likeness (QED) is 0.815. The standard InChI is InChI=1S/C17H19F3N4O2/c1-3-26-16(25)24-8-6-23(7-9-24)13-10-14(17(18,19)20)22-15-12(13)5-4-11(2)21-15/h4-5,10H,3,6-9H2,1-2H3. The number of hydrogen-bond acceptors (Lipinski definition) is 5. The Morgan fingerprint density at radius 3 is 2.50 bits per heavy atom. The molecule has 0 aromatic carbocycles. The van der Waals surface area contributed by atoms with Gasteiger partial charge in [-0.05, 0) is 32.0 Å². The van der Waals surface area contributed by atoms with E-state index in [4.69, 9.17) is 4.74 Å². The molecule has 9 heteroatoms. The van der Waals surface area contributed by atoms with Crippen molar-refractivity contribution in [2.75, 3.05) is 37.7 Å². The number of aromatic nitrogens is 2. The van der Waals surface area contributed by atoms with Crippen molar-refractivity contribution < 1.29 is 22.7 Å². The zero-order chi connectivity index (χ0) is 18.9. The van der Waals surface area contributed by atoms with Crippen molar-refractivity contribution in [1.29, 1.82) is 0 Å². The minimum Gasteiger partial charge on any atom is -0.450 e. The monoisotopic (exact) mass is 368 g/mol. The van der Waals surface area contributed by atoms with E-state index in [0.717, 1.165) is 6.07 Å². The van der Waals surface area contributed by atoms with E-state index in [1.165, 1.54) is 0 Å². The second-order valence-electron chi connectivity index (χ2n) is 6.02. The van der Waals surface area contributed by atoms with Crippen LogP contribution in [0.2, 0.25) is 0 Å². The van der Waals surface area contributed by atoms with Crippen LogP contribution in [0, 0.1) is 6.92 Å². The highest BCUT2D eigenvalue weighted by Crippen LogP contribution is 2.34. The fourth-order valence-corrected chi connectivity index (χ4v) is 2.93. The Hall–Kier alpha value is -2.58. The number of carbonyl (C=O) groups excluding carboxylic acids is 1. The van der Waals surface area contributed by atoms with Crippen LogP contribution < -0.4 is 4.90 Å². The van der Waals surface area contributed by atoms with Gasteiger partial charge in [0.25, 0.3) is 0 Å². The van der Waals surface area contributed by atoms with E-state index < -0.39 is 18.0 Å². The number of alkyl halides is 3. The van der Waals surface area contributed by atoms with Crippen molar-refractivity contribution in [3.05, 3.63) is 29.6 Å². The fourth-order valence-electron chi connectivity index (χ4n) is 2.93. The first-order valence-corrected chi connectivity index (χ1v) is 8.32. The van der Waals surface area contributed by atoms with Crippen molar-refractivity contribution in [1.82, 2.24) is 14.9 Å². The van der Waals surface area contributed by atoms with Gasteiger partial charge in [-0.1, -0.05) is 0 Å². The molecule has 26 heavy (non-hydrogen) atoms. The third-order valence-electron chi connectivity index (χ3n) is 4.23. The molecule has 0 atom stereocenters. The largest absolute Gasteiger partial charge is 0.450 e. The maximum absolute atomic E-state index is 13.2. The summed E-state index contributed by atoms with van der Waals surface area (Å²) in [5.74, 6) is 0. The molecule has 0 bridgehead atoms. The molecule has 1 fully saturated rings. The van der Waals surface area contributed by atoms with Crippen LogP contribution in [-0.4, -0.2) is 53.7 Å². The number of ether oxygens (including phenoxy) is 1. The van der Waals surface area contributed by atoms with Gasteiger partial charge in [0.05, 0.1) is 12.3 Å². The number of anilines is 1. The molecule has 1 aliphatic heterocycles. The molecule has 3 heterocycles. The number of pyridine rings is 2. The number of halogens is 3. The Balaban J connectivity index is 1.93. The first kappa shape index (κ1) is 18.2. The maximum Gasteiger partial charge on any atom is 0.433 e. The summed E-state index contributed by atoms with van der Waals surface area (Å²) in [6.45, 7) is 5.29. The molecule has 3 rings (SSSR count). The van der Waals surface area contributed by atoms with E-state index in [0.29, 0.717) is 42.9 Å². The van der Waals surface area contributed by atoms with Crippen molar-refractivity contribution in [2.45, 2.75) is 20.0 Å². The second kappa shape index (κ2) is 6.97. The average Bonchev–Trinajstić information content (AvgIpc) is 2.60. The van der Waals surface area contributed by atoms with Crippen molar-refractivity contribution in [2.24, 2.45) is 0 Å². The SMILES string of the molecule is CCOC(=O)N1CCN(c2cc(C(F)(F)F)nc3nc(C)ccc23)CC1. The third kappa shape index (κ3) is 3.66. The van der Waals surface area contributed by atoms with E-state index in [1.54, 1.807) is 30.9 Å². The van der Waals surface area contributed by atoms with E-state index in [-0.39, 0.29) is 12.3 Å². The molecular formula is C17H19F3N4O2. The number of nitrogens with zero attached hydrogens (tertiary/aromatic N) is 4. The van der Waals surface area contributed by atoms with Crippen LogP contribution >= 0.6 is 0 Å². The zero-order valence-corrected chi connectivity index (χ0v) is 14.5. The van der Waals surface area contributed by atoms with Crippen LogP contribution in [0.25, 0.3) is 11.0 Å². The van der Waals surface area contributed by atoms with E-state index in [9.17, 15) is 18.0 Å². The molecular weight excluding hydrogens is 349 g/mol. The topological polar surface area (TPSA) is 58.6 Å². The highest BCUT2D eigenvalue weighted by molar-refractivity contribution is 5.90. The lowest BCUT2D eigenvalue weighted by Gasteiger charge is -2.36. The number of piperazine rings is 1. The van der Waals surface area contributed by atoms with Crippen LogP contribution in [0.15, 0.2) is 18.2 Å². The average molecular weight is 368 g/mol. The van der Waals surface area contributed by atoms with Crippen molar-refractivity contribution in [3.8, 4) is 0 Å². The summed E-state index contributed by atoms with van der Waals surface area (Å²) < 4.78 is 44.7. The molecule has 0 radical (unpaired) electrons. The molecule has 1 amide bonds. The number of hydrogen-bond donors (Lipinski definition) is 0. The Bertz CT molecular complexity index is 817. The van der Waals surface area contributed by atoms with E-state index >= 15 is 0 Å². The van der Waals surface area contributed by atoms with Crippen LogP contribution in [0.3, 0.4) is 0 Å². The molecule has 1 saturated heterocycles. The molecule has 0 N–H and O–H groups in total. The summed E-state index contributed by atoms with van der Waals surface area (Å²) in [7, 11) is 0. The van der Waals surface area contributed by atoms with Crippen LogP contribution in [0.1, 0.15) is 18.3 Å². The van der Waals surface area contributed by atoms with Gasteiger partial charge in [0.15, 0.2) is 5.65 Å². The Morgan fingerprint density at radius 1 is 1.19 bits per heavy atom.